The Bertz CT molecular complexity index is 1170. The number of halogens is 1. The normalized spacial score (nSPS) is 24.4. The molecule has 1 aliphatic heterocycles. The van der Waals surface area contributed by atoms with Gasteiger partial charge in [0.1, 0.15) is 30.2 Å². The fourth-order valence-electron chi connectivity index (χ4n) is 3.23. The first-order valence-corrected chi connectivity index (χ1v) is 11.0. The molecular weight excluding hydrogens is 451 g/mol. The van der Waals surface area contributed by atoms with Crippen molar-refractivity contribution in [3.05, 3.63) is 53.2 Å². The molecule has 0 aliphatic carbocycles. The average Bonchev–Trinajstić information content (AvgIpc) is 3.26. The Balaban J connectivity index is 1.60. The van der Waals surface area contributed by atoms with Gasteiger partial charge in [0, 0.05) is 5.02 Å². The van der Waals surface area contributed by atoms with Gasteiger partial charge in [-0.25, -0.2) is 19.5 Å². The molecule has 3 heterocycles. The zero-order chi connectivity index (χ0) is 22.2. The Kier molecular flexibility index (Phi) is 6.20. The first-order chi connectivity index (χ1) is 14.7. The summed E-state index contributed by atoms with van der Waals surface area (Å²) < 4.78 is 22.3. The summed E-state index contributed by atoms with van der Waals surface area (Å²) in [4.78, 5) is 30.4. The van der Waals surface area contributed by atoms with Crippen molar-refractivity contribution < 1.29 is 33.8 Å². The van der Waals surface area contributed by atoms with Gasteiger partial charge in [-0.3, -0.25) is 9.09 Å². The van der Waals surface area contributed by atoms with Gasteiger partial charge in [0.05, 0.1) is 18.6 Å². The molecule has 4 N–H and O–H groups in total. The second kappa shape index (κ2) is 8.73. The van der Waals surface area contributed by atoms with E-state index < -0.39 is 39.0 Å². The number of hydrogen-bond acceptors (Lipinski definition) is 8. The first-order valence-electron chi connectivity index (χ1n) is 9.06. The summed E-state index contributed by atoms with van der Waals surface area (Å²) in [5.74, 6) is 0. The first kappa shape index (κ1) is 22.0. The van der Waals surface area contributed by atoms with Gasteiger partial charge >= 0.3 is 7.82 Å². The quantitative estimate of drug-likeness (QED) is 0.389. The highest BCUT2D eigenvalue weighted by molar-refractivity contribution is 7.46. The van der Waals surface area contributed by atoms with Gasteiger partial charge in [-0.2, -0.15) is 0 Å². The number of phosphoric ester groups is 1. The van der Waals surface area contributed by atoms with Gasteiger partial charge < -0.3 is 24.7 Å². The van der Waals surface area contributed by atoms with E-state index in [4.69, 9.17) is 26.1 Å². The van der Waals surface area contributed by atoms with Crippen LogP contribution in [0.1, 0.15) is 17.5 Å². The SMILES string of the molecule is O=P(O)(O)OC[C@H]1O[C@@H](n2cnc3c(C=Cc4cccc(Cl)c4)ncnc32)[C@H](O)[C@@H]1O. The van der Waals surface area contributed by atoms with E-state index in [0.717, 1.165) is 5.56 Å². The van der Waals surface area contributed by atoms with E-state index in [2.05, 4.69) is 19.5 Å². The number of aromatic nitrogens is 4. The van der Waals surface area contributed by atoms with Crippen molar-refractivity contribution in [3.63, 3.8) is 0 Å². The van der Waals surface area contributed by atoms with E-state index >= 15 is 0 Å². The molecule has 0 saturated carbocycles. The molecule has 3 aromatic rings. The van der Waals surface area contributed by atoms with E-state index in [-0.39, 0.29) is 0 Å². The van der Waals surface area contributed by atoms with Gasteiger partial charge in [0.25, 0.3) is 0 Å². The molecule has 0 radical (unpaired) electrons. The lowest BCUT2D eigenvalue weighted by atomic mass is 10.1. The van der Waals surface area contributed by atoms with Crippen LogP contribution < -0.4 is 0 Å². The fourth-order valence-corrected chi connectivity index (χ4v) is 3.77. The van der Waals surface area contributed by atoms with Gasteiger partial charge in [-0.05, 0) is 23.8 Å². The number of aliphatic hydroxyl groups excluding tert-OH is 2. The number of fused-ring (bicyclic) bond motifs is 1. The number of nitrogens with zero attached hydrogens (tertiary/aromatic N) is 4. The zero-order valence-corrected chi connectivity index (χ0v) is 17.4. The van der Waals surface area contributed by atoms with Crippen LogP contribution in [0.5, 0.6) is 0 Å². The third kappa shape index (κ3) is 4.84. The van der Waals surface area contributed by atoms with Crippen LogP contribution in [0.2, 0.25) is 5.02 Å². The number of rotatable bonds is 6. The van der Waals surface area contributed by atoms with E-state index in [0.29, 0.717) is 21.9 Å². The van der Waals surface area contributed by atoms with Gasteiger partial charge in [0.15, 0.2) is 11.9 Å². The van der Waals surface area contributed by atoms with Crippen LogP contribution in [0.4, 0.5) is 0 Å². The Morgan fingerprint density at radius 1 is 1.19 bits per heavy atom. The number of benzene rings is 1. The lowest BCUT2D eigenvalue weighted by Crippen LogP contribution is -2.33. The van der Waals surface area contributed by atoms with Crippen molar-refractivity contribution in [1.29, 1.82) is 0 Å². The molecule has 1 aromatic carbocycles. The maximum atomic E-state index is 10.9. The van der Waals surface area contributed by atoms with Crippen LogP contribution in [0.3, 0.4) is 0 Å². The van der Waals surface area contributed by atoms with Crippen LogP contribution >= 0.6 is 19.4 Å². The van der Waals surface area contributed by atoms with Crippen molar-refractivity contribution in [2.45, 2.75) is 24.5 Å². The maximum absolute atomic E-state index is 10.9. The third-order valence-electron chi connectivity index (χ3n) is 4.69. The zero-order valence-electron chi connectivity index (χ0n) is 15.8. The molecule has 31 heavy (non-hydrogen) atoms. The lowest BCUT2D eigenvalue weighted by molar-refractivity contribution is -0.0504. The summed E-state index contributed by atoms with van der Waals surface area (Å²) in [7, 11) is -4.75. The molecule has 13 heteroatoms. The summed E-state index contributed by atoms with van der Waals surface area (Å²) in [5, 5.41) is 21.2. The van der Waals surface area contributed by atoms with Crippen LogP contribution in [0, 0.1) is 0 Å². The van der Waals surface area contributed by atoms with E-state index in [9.17, 15) is 14.8 Å². The molecule has 11 nitrogen and oxygen atoms in total. The highest BCUT2D eigenvalue weighted by Crippen LogP contribution is 2.38. The summed E-state index contributed by atoms with van der Waals surface area (Å²) in [6.45, 7) is -0.603. The van der Waals surface area contributed by atoms with Crippen LogP contribution in [-0.4, -0.2) is 64.4 Å². The highest BCUT2D eigenvalue weighted by atomic mass is 35.5. The third-order valence-corrected chi connectivity index (χ3v) is 5.41. The van der Waals surface area contributed by atoms with Crippen molar-refractivity contribution in [3.8, 4) is 0 Å². The fraction of sp³-hybridized carbons (Fsp3) is 0.278. The molecule has 4 rings (SSSR count). The molecule has 1 saturated heterocycles. The second-order valence-corrected chi connectivity index (χ2v) is 8.48. The Labute approximate surface area is 180 Å². The standard InChI is InChI=1S/C18H18ClN4O7P/c19-11-3-1-2-10(6-11)4-5-12-14-17(21-8-20-12)23(9-22-14)18-16(25)15(24)13(30-18)7-29-31(26,27)28/h1-6,8-9,13,15-16,18,24-25H,7H2,(H2,26,27,28)/t13-,15-,16-,18-/m1/s1. The van der Waals surface area contributed by atoms with E-state index in [1.165, 1.54) is 17.2 Å². The molecule has 0 spiro atoms. The summed E-state index contributed by atoms with van der Waals surface area (Å²) >= 11 is 6.00. The van der Waals surface area contributed by atoms with Crippen molar-refractivity contribution >= 4 is 42.7 Å². The Morgan fingerprint density at radius 2 is 2.00 bits per heavy atom. The summed E-state index contributed by atoms with van der Waals surface area (Å²) in [6.07, 6.45) is 1.17. The summed E-state index contributed by atoms with van der Waals surface area (Å²) in [6, 6.07) is 7.26. The topological polar surface area (TPSA) is 160 Å². The molecule has 0 unspecified atom stereocenters. The van der Waals surface area contributed by atoms with Gasteiger partial charge in [-0.15, -0.1) is 0 Å². The number of hydrogen-bond donors (Lipinski definition) is 4. The predicted octanol–water partition coefficient (Wildman–Crippen LogP) is 1.38. The molecule has 4 atom stereocenters. The molecule has 0 amide bonds. The molecule has 1 fully saturated rings. The average molecular weight is 469 g/mol. The molecule has 164 valence electrons. The van der Waals surface area contributed by atoms with Crippen LogP contribution in [0.25, 0.3) is 23.3 Å². The monoisotopic (exact) mass is 468 g/mol. The van der Waals surface area contributed by atoms with Crippen LogP contribution in [0.15, 0.2) is 36.9 Å². The molecule has 0 bridgehead atoms. The van der Waals surface area contributed by atoms with E-state index in [1.54, 1.807) is 18.2 Å². The Morgan fingerprint density at radius 3 is 2.74 bits per heavy atom. The van der Waals surface area contributed by atoms with Crippen molar-refractivity contribution in [2.75, 3.05) is 6.61 Å². The number of aliphatic hydroxyl groups is 2. The minimum absolute atomic E-state index is 0.341. The number of ether oxygens (including phenoxy) is 1. The summed E-state index contributed by atoms with van der Waals surface area (Å²) in [5.41, 5.74) is 2.15. The predicted molar refractivity (Wildman–Crippen MR) is 110 cm³/mol. The molecule has 1 aliphatic rings. The van der Waals surface area contributed by atoms with Crippen LogP contribution in [-0.2, 0) is 13.8 Å². The minimum Gasteiger partial charge on any atom is -0.387 e. The van der Waals surface area contributed by atoms with Crippen molar-refractivity contribution in [1.82, 2.24) is 19.5 Å². The van der Waals surface area contributed by atoms with Gasteiger partial charge in [0.2, 0.25) is 0 Å². The number of phosphoric acid groups is 1. The smallest absolute Gasteiger partial charge is 0.387 e. The number of imidazole rings is 1. The molecule has 2 aromatic heterocycles. The highest BCUT2D eigenvalue weighted by Gasteiger charge is 2.45. The lowest BCUT2D eigenvalue weighted by Gasteiger charge is -2.16. The second-order valence-electron chi connectivity index (χ2n) is 6.80. The van der Waals surface area contributed by atoms with Crippen molar-refractivity contribution in [2.24, 2.45) is 0 Å². The van der Waals surface area contributed by atoms with E-state index in [1.807, 2.05) is 18.2 Å². The molecular formula is C18H18ClN4O7P. The Hall–Kier alpha value is -2.21. The largest absolute Gasteiger partial charge is 0.469 e. The maximum Gasteiger partial charge on any atom is 0.469 e. The minimum atomic E-state index is -4.75. The van der Waals surface area contributed by atoms with Gasteiger partial charge in [-0.1, -0.05) is 29.8 Å².